The molecule has 0 saturated heterocycles. The highest BCUT2D eigenvalue weighted by Gasteiger charge is 2.10. The summed E-state index contributed by atoms with van der Waals surface area (Å²) in [5.74, 6) is 0. The first-order chi connectivity index (χ1) is 6.24. The lowest BCUT2D eigenvalue weighted by atomic mass is 10.1. The molecule has 0 atom stereocenters. The molecule has 0 bridgehead atoms. The molecule has 4 heteroatoms. The Hall–Kier alpha value is -1.11. The number of thiophene rings is 1. The second-order valence-electron chi connectivity index (χ2n) is 2.69. The highest BCUT2D eigenvalue weighted by atomic mass is 35.5. The number of aromatic nitrogens is 1. The molecule has 2 aromatic heterocycles. The molecule has 0 amide bonds. The van der Waals surface area contributed by atoms with Crippen LogP contribution in [0.2, 0.25) is 5.15 Å². The molecular formula is C9H5ClN2S. The zero-order chi connectivity index (χ0) is 9.42. The van der Waals surface area contributed by atoms with E-state index in [1.54, 1.807) is 17.5 Å². The van der Waals surface area contributed by atoms with Crippen molar-refractivity contribution < 1.29 is 0 Å². The Bertz CT molecular complexity index is 510. The summed E-state index contributed by atoms with van der Waals surface area (Å²) in [4.78, 5) is 3.94. The number of fused-ring (bicyclic) bond motifs is 1. The number of aryl methyl sites for hydroxylation is 1. The van der Waals surface area contributed by atoms with E-state index in [9.17, 15) is 0 Å². The lowest BCUT2D eigenvalue weighted by Gasteiger charge is -1.96. The standard InChI is InChI=1S/C9H5ClN2S/c1-5-4-13-7-3-12-9(10)6(2-11)8(5)7/h3-4H,1H3. The maximum absolute atomic E-state index is 8.89. The molecule has 2 nitrogen and oxygen atoms in total. The molecule has 64 valence electrons. The summed E-state index contributed by atoms with van der Waals surface area (Å²) >= 11 is 7.38. The maximum atomic E-state index is 8.89. The van der Waals surface area contributed by atoms with Crippen LogP contribution in [0.5, 0.6) is 0 Å². The quantitative estimate of drug-likeness (QED) is 0.624. The number of rotatable bonds is 0. The van der Waals surface area contributed by atoms with Gasteiger partial charge in [-0.2, -0.15) is 5.26 Å². The SMILES string of the molecule is Cc1csc2cnc(Cl)c(C#N)c12. The fraction of sp³-hybridized carbons (Fsp3) is 0.111. The molecule has 0 radical (unpaired) electrons. The summed E-state index contributed by atoms with van der Waals surface area (Å²) in [6.45, 7) is 1.97. The lowest BCUT2D eigenvalue weighted by molar-refractivity contribution is 1.34. The molecular weight excluding hydrogens is 204 g/mol. The van der Waals surface area contributed by atoms with Crippen LogP contribution in [0.15, 0.2) is 11.6 Å². The molecule has 0 unspecified atom stereocenters. The minimum Gasteiger partial charge on any atom is -0.242 e. The number of nitriles is 1. The Morgan fingerprint density at radius 2 is 2.38 bits per heavy atom. The largest absolute Gasteiger partial charge is 0.242 e. The van der Waals surface area contributed by atoms with Gasteiger partial charge in [-0.3, -0.25) is 0 Å². The summed E-state index contributed by atoms with van der Waals surface area (Å²) in [6.07, 6.45) is 1.70. The predicted molar refractivity (Wildman–Crippen MR) is 54.1 cm³/mol. The first-order valence-electron chi connectivity index (χ1n) is 3.66. The molecule has 2 heterocycles. The molecule has 2 rings (SSSR count). The van der Waals surface area contributed by atoms with Crippen molar-refractivity contribution in [3.8, 4) is 6.07 Å². The average molecular weight is 209 g/mol. The zero-order valence-corrected chi connectivity index (χ0v) is 8.41. The van der Waals surface area contributed by atoms with Crippen LogP contribution in [0, 0.1) is 18.3 Å². The number of pyridine rings is 1. The predicted octanol–water partition coefficient (Wildman–Crippen LogP) is 3.13. The normalized spacial score (nSPS) is 10.2. The first-order valence-corrected chi connectivity index (χ1v) is 4.92. The third-order valence-corrected chi connectivity index (χ3v) is 3.19. The van der Waals surface area contributed by atoms with Gasteiger partial charge in [-0.25, -0.2) is 4.98 Å². The highest BCUT2D eigenvalue weighted by molar-refractivity contribution is 7.17. The smallest absolute Gasteiger partial charge is 0.147 e. The Balaban J connectivity index is 2.99. The summed E-state index contributed by atoms with van der Waals surface area (Å²) < 4.78 is 1.01. The van der Waals surface area contributed by atoms with Gasteiger partial charge in [0.25, 0.3) is 0 Å². The van der Waals surface area contributed by atoms with E-state index in [2.05, 4.69) is 11.1 Å². The Labute approximate surface area is 84.4 Å². The van der Waals surface area contributed by atoms with E-state index in [4.69, 9.17) is 16.9 Å². The molecule has 0 N–H and O–H groups in total. The summed E-state index contributed by atoms with van der Waals surface area (Å²) in [6, 6.07) is 2.08. The Kier molecular flexibility index (Phi) is 1.95. The van der Waals surface area contributed by atoms with Crippen molar-refractivity contribution in [1.82, 2.24) is 4.98 Å². The molecule has 0 fully saturated rings. The van der Waals surface area contributed by atoms with Crippen LogP contribution in [0.25, 0.3) is 10.1 Å². The van der Waals surface area contributed by atoms with E-state index < -0.39 is 0 Å². The van der Waals surface area contributed by atoms with Gasteiger partial charge in [-0.05, 0) is 17.9 Å². The van der Waals surface area contributed by atoms with Gasteiger partial charge in [-0.1, -0.05) is 11.6 Å². The molecule has 0 saturated carbocycles. The van der Waals surface area contributed by atoms with Crippen LogP contribution in [-0.4, -0.2) is 4.98 Å². The van der Waals surface area contributed by atoms with Gasteiger partial charge in [0.05, 0.1) is 10.3 Å². The minimum atomic E-state index is 0.288. The molecule has 0 aliphatic rings. The summed E-state index contributed by atoms with van der Waals surface area (Å²) in [7, 11) is 0. The third kappa shape index (κ3) is 1.19. The summed E-state index contributed by atoms with van der Waals surface area (Å²) in [5, 5.41) is 12.1. The van der Waals surface area contributed by atoms with Gasteiger partial charge < -0.3 is 0 Å². The van der Waals surface area contributed by atoms with Crippen LogP contribution in [0.4, 0.5) is 0 Å². The van der Waals surface area contributed by atoms with Crippen molar-refractivity contribution >= 4 is 33.0 Å². The zero-order valence-electron chi connectivity index (χ0n) is 6.84. The van der Waals surface area contributed by atoms with Crippen molar-refractivity contribution in [2.75, 3.05) is 0 Å². The fourth-order valence-electron chi connectivity index (χ4n) is 1.26. The minimum absolute atomic E-state index is 0.288. The summed E-state index contributed by atoms with van der Waals surface area (Å²) in [5.41, 5.74) is 1.57. The monoisotopic (exact) mass is 208 g/mol. The van der Waals surface area contributed by atoms with Crippen molar-refractivity contribution in [2.45, 2.75) is 6.92 Å². The topological polar surface area (TPSA) is 36.7 Å². The fourth-order valence-corrected chi connectivity index (χ4v) is 2.37. The Morgan fingerprint density at radius 3 is 3.08 bits per heavy atom. The van der Waals surface area contributed by atoms with E-state index in [-0.39, 0.29) is 5.15 Å². The number of hydrogen-bond donors (Lipinski definition) is 0. The van der Waals surface area contributed by atoms with Gasteiger partial charge in [0.15, 0.2) is 0 Å². The Morgan fingerprint density at radius 1 is 1.62 bits per heavy atom. The van der Waals surface area contributed by atoms with Crippen molar-refractivity contribution in [2.24, 2.45) is 0 Å². The second-order valence-corrected chi connectivity index (χ2v) is 3.96. The second kappa shape index (κ2) is 2.99. The van der Waals surface area contributed by atoms with Crippen molar-refractivity contribution in [1.29, 1.82) is 5.26 Å². The molecule has 13 heavy (non-hydrogen) atoms. The van der Waals surface area contributed by atoms with E-state index in [1.807, 2.05) is 12.3 Å². The van der Waals surface area contributed by atoms with Crippen LogP contribution >= 0.6 is 22.9 Å². The maximum Gasteiger partial charge on any atom is 0.147 e. The third-order valence-electron chi connectivity index (χ3n) is 1.87. The number of nitrogens with zero attached hydrogens (tertiary/aromatic N) is 2. The van der Waals surface area contributed by atoms with Crippen molar-refractivity contribution in [3.63, 3.8) is 0 Å². The van der Waals surface area contributed by atoms with Gasteiger partial charge >= 0.3 is 0 Å². The van der Waals surface area contributed by atoms with Crippen LogP contribution in [-0.2, 0) is 0 Å². The van der Waals surface area contributed by atoms with Crippen LogP contribution in [0.3, 0.4) is 0 Å². The van der Waals surface area contributed by atoms with E-state index in [1.165, 1.54) is 0 Å². The van der Waals surface area contributed by atoms with Crippen LogP contribution in [0.1, 0.15) is 11.1 Å². The number of halogens is 1. The molecule has 2 aromatic rings. The highest BCUT2D eigenvalue weighted by Crippen LogP contribution is 2.30. The average Bonchev–Trinajstić information content (AvgIpc) is 2.49. The van der Waals surface area contributed by atoms with Gasteiger partial charge in [0, 0.05) is 11.6 Å². The molecule has 0 aliphatic carbocycles. The molecule has 0 aromatic carbocycles. The van der Waals surface area contributed by atoms with Gasteiger partial charge in [0.2, 0.25) is 0 Å². The van der Waals surface area contributed by atoms with E-state index in [0.29, 0.717) is 5.56 Å². The van der Waals surface area contributed by atoms with E-state index in [0.717, 1.165) is 15.6 Å². The van der Waals surface area contributed by atoms with Gasteiger partial charge in [-0.15, -0.1) is 11.3 Å². The lowest BCUT2D eigenvalue weighted by Crippen LogP contribution is -1.83. The molecule has 0 aliphatic heterocycles. The van der Waals surface area contributed by atoms with Crippen molar-refractivity contribution in [3.05, 3.63) is 27.9 Å². The van der Waals surface area contributed by atoms with E-state index >= 15 is 0 Å². The number of hydrogen-bond acceptors (Lipinski definition) is 3. The van der Waals surface area contributed by atoms with Gasteiger partial charge in [0.1, 0.15) is 11.2 Å². The van der Waals surface area contributed by atoms with Crippen LogP contribution < -0.4 is 0 Å². The first kappa shape index (κ1) is 8.49. The molecule has 0 spiro atoms.